The van der Waals surface area contributed by atoms with Crippen LogP contribution >= 0.6 is 0 Å². The minimum Gasteiger partial charge on any atom is -0.497 e. The van der Waals surface area contributed by atoms with Crippen LogP contribution in [0.15, 0.2) is 65.2 Å². The molecule has 0 fully saturated rings. The van der Waals surface area contributed by atoms with E-state index in [-0.39, 0.29) is 30.6 Å². The van der Waals surface area contributed by atoms with Gasteiger partial charge in [-0.2, -0.15) is 15.2 Å². The van der Waals surface area contributed by atoms with Crippen molar-refractivity contribution in [1.82, 2.24) is 34.8 Å². The van der Waals surface area contributed by atoms with Gasteiger partial charge in [0.25, 0.3) is 17.6 Å². The first-order chi connectivity index (χ1) is 23.7. The second kappa shape index (κ2) is 13.9. The van der Waals surface area contributed by atoms with E-state index in [0.717, 1.165) is 17.5 Å². The van der Waals surface area contributed by atoms with Gasteiger partial charge in [0.15, 0.2) is 17.1 Å². The van der Waals surface area contributed by atoms with Crippen molar-refractivity contribution in [2.75, 3.05) is 14.2 Å². The lowest BCUT2D eigenvalue weighted by Crippen LogP contribution is -2.24. The van der Waals surface area contributed by atoms with E-state index in [4.69, 9.17) is 18.6 Å². The SMILES string of the molecule is CCCn1nc(C)c(OCc2ccccc2)c1-c1nc(-n2nc(C(=O)NCc3ccc(OC)cc3OC)c3cc(C)ncc32)c(C(=O)O)o1. The molecule has 14 nitrogen and oxygen atoms in total. The summed E-state index contributed by atoms with van der Waals surface area (Å²) in [7, 11) is 3.09. The fraction of sp³-hybridized carbons (Fsp3) is 0.257. The molecule has 14 heteroatoms. The van der Waals surface area contributed by atoms with Crippen molar-refractivity contribution < 1.29 is 33.3 Å². The number of nitrogens with one attached hydrogen (secondary N) is 1. The number of rotatable bonds is 13. The highest BCUT2D eigenvalue weighted by molar-refractivity contribution is 6.05. The summed E-state index contributed by atoms with van der Waals surface area (Å²) in [5.41, 5.74) is 3.69. The predicted molar refractivity (Wildman–Crippen MR) is 178 cm³/mol. The summed E-state index contributed by atoms with van der Waals surface area (Å²) in [5, 5.41) is 22.8. The number of hydrogen-bond acceptors (Lipinski definition) is 10. The molecular weight excluding hydrogens is 630 g/mol. The lowest BCUT2D eigenvalue weighted by molar-refractivity contribution is 0.0663. The molecule has 4 heterocycles. The Labute approximate surface area is 281 Å². The second-order valence-corrected chi connectivity index (χ2v) is 11.2. The Morgan fingerprint density at radius 3 is 2.53 bits per heavy atom. The Hall–Kier alpha value is -6.18. The Morgan fingerprint density at radius 2 is 1.82 bits per heavy atom. The second-order valence-electron chi connectivity index (χ2n) is 11.2. The number of aryl methyl sites for hydroxylation is 3. The first kappa shape index (κ1) is 32.7. The van der Waals surface area contributed by atoms with Crippen molar-refractivity contribution >= 4 is 22.8 Å². The van der Waals surface area contributed by atoms with Crippen molar-refractivity contribution in [3.63, 3.8) is 0 Å². The van der Waals surface area contributed by atoms with Gasteiger partial charge in [0.05, 0.1) is 25.9 Å². The number of carbonyl (C=O) groups is 2. The van der Waals surface area contributed by atoms with Crippen LogP contribution in [0.1, 0.15) is 56.9 Å². The maximum atomic E-state index is 13.6. The normalized spacial score (nSPS) is 11.1. The molecule has 0 radical (unpaired) electrons. The standard InChI is InChI=1S/C35H35N7O7/c1-6-14-41-29(30(21(3)39-41)48-19-22-10-8-7-9-11-22)34-38-32(31(49-34)35(44)45)42-26-18-36-20(2)15-25(26)28(40-42)33(43)37-17-23-12-13-24(46-4)16-27(23)47-5/h7-13,15-16,18H,6,14,17,19H2,1-5H3,(H,37,43)(H,44,45). The van der Waals surface area contributed by atoms with Crippen LogP contribution in [0.25, 0.3) is 28.3 Å². The number of methoxy groups -OCH3 is 2. The third kappa shape index (κ3) is 6.52. The summed E-state index contributed by atoms with van der Waals surface area (Å²) in [5.74, 6) is -0.939. The number of pyridine rings is 1. The maximum absolute atomic E-state index is 13.6. The van der Waals surface area contributed by atoms with Gasteiger partial charge in [-0.25, -0.2) is 9.48 Å². The first-order valence-electron chi connectivity index (χ1n) is 15.6. The fourth-order valence-corrected chi connectivity index (χ4v) is 5.45. The van der Waals surface area contributed by atoms with E-state index in [0.29, 0.717) is 51.8 Å². The van der Waals surface area contributed by atoms with Gasteiger partial charge >= 0.3 is 5.97 Å². The molecule has 252 valence electrons. The van der Waals surface area contributed by atoms with Crippen molar-refractivity contribution in [2.45, 2.75) is 46.9 Å². The lowest BCUT2D eigenvalue weighted by atomic mass is 10.1. The van der Waals surface area contributed by atoms with Gasteiger partial charge in [-0.05, 0) is 44.0 Å². The van der Waals surface area contributed by atoms with E-state index in [9.17, 15) is 14.7 Å². The summed E-state index contributed by atoms with van der Waals surface area (Å²) in [6, 6.07) is 16.6. The van der Waals surface area contributed by atoms with E-state index in [1.807, 2.05) is 37.3 Å². The van der Waals surface area contributed by atoms with Crippen LogP contribution < -0.4 is 19.5 Å². The number of benzene rings is 2. The third-order valence-electron chi connectivity index (χ3n) is 7.79. The Bertz CT molecular complexity index is 2150. The van der Waals surface area contributed by atoms with Crippen LogP contribution in [0.4, 0.5) is 0 Å². The summed E-state index contributed by atoms with van der Waals surface area (Å²) in [4.78, 5) is 35.3. The number of aromatic carboxylic acids is 1. The van der Waals surface area contributed by atoms with Gasteiger partial charge in [0.2, 0.25) is 5.82 Å². The van der Waals surface area contributed by atoms with E-state index in [1.54, 1.807) is 49.9 Å². The molecule has 0 aliphatic carbocycles. The van der Waals surface area contributed by atoms with Gasteiger partial charge in [-0.3, -0.25) is 14.5 Å². The highest BCUT2D eigenvalue weighted by Gasteiger charge is 2.30. The minimum atomic E-state index is -1.37. The van der Waals surface area contributed by atoms with Gasteiger partial charge in [0.1, 0.15) is 23.8 Å². The highest BCUT2D eigenvalue weighted by Crippen LogP contribution is 2.36. The number of nitrogens with zero attached hydrogens (tertiary/aromatic N) is 6. The molecule has 4 aromatic heterocycles. The molecule has 49 heavy (non-hydrogen) atoms. The molecule has 0 saturated heterocycles. The zero-order chi connectivity index (χ0) is 34.7. The predicted octanol–water partition coefficient (Wildman–Crippen LogP) is 5.52. The molecule has 0 bridgehead atoms. The van der Waals surface area contributed by atoms with Crippen LogP contribution in [0.3, 0.4) is 0 Å². The monoisotopic (exact) mass is 665 g/mol. The fourth-order valence-electron chi connectivity index (χ4n) is 5.45. The largest absolute Gasteiger partial charge is 0.497 e. The van der Waals surface area contributed by atoms with Crippen LogP contribution in [0, 0.1) is 13.8 Å². The number of amides is 1. The van der Waals surface area contributed by atoms with Gasteiger partial charge in [-0.1, -0.05) is 37.3 Å². The zero-order valence-corrected chi connectivity index (χ0v) is 27.7. The van der Waals surface area contributed by atoms with Gasteiger partial charge in [-0.15, -0.1) is 0 Å². The van der Waals surface area contributed by atoms with Crippen molar-refractivity contribution in [1.29, 1.82) is 0 Å². The van der Waals surface area contributed by atoms with Crippen molar-refractivity contribution in [3.05, 3.63) is 94.8 Å². The molecule has 2 N–H and O–H groups in total. The summed E-state index contributed by atoms with van der Waals surface area (Å²) >= 11 is 0. The maximum Gasteiger partial charge on any atom is 0.375 e. The number of carbonyl (C=O) groups excluding carboxylic acids is 1. The molecule has 6 rings (SSSR count). The quantitative estimate of drug-likeness (QED) is 0.159. The molecule has 0 aliphatic heterocycles. The van der Waals surface area contributed by atoms with E-state index in [1.165, 1.54) is 18.0 Å². The number of carboxylic acids is 1. The van der Waals surface area contributed by atoms with E-state index < -0.39 is 17.6 Å². The molecule has 1 amide bonds. The molecule has 0 atom stereocenters. The van der Waals surface area contributed by atoms with Gasteiger partial charge in [0, 0.05) is 35.8 Å². The topological polar surface area (TPSA) is 169 Å². The van der Waals surface area contributed by atoms with Crippen LogP contribution in [0.2, 0.25) is 0 Å². The molecular formula is C35H35N7O7. The number of aromatic nitrogens is 6. The molecule has 2 aromatic carbocycles. The first-order valence-corrected chi connectivity index (χ1v) is 15.6. The zero-order valence-electron chi connectivity index (χ0n) is 27.7. The third-order valence-corrected chi connectivity index (χ3v) is 7.79. The summed E-state index contributed by atoms with van der Waals surface area (Å²) in [6.45, 7) is 6.47. The molecule has 0 aliphatic rings. The number of hydrogen-bond donors (Lipinski definition) is 2. The Kier molecular flexibility index (Phi) is 9.29. The van der Waals surface area contributed by atoms with E-state index >= 15 is 0 Å². The molecule has 0 spiro atoms. The Morgan fingerprint density at radius 1 is 1.02 bits per heavy atom. The Balaban J connectivity index is 1.41. The summed E-state index contributed by atoms with van der Waals surface area (Å²) < 4.78 is 25.9. The number of ether oxygens (including phenoxy) is 3. The van der Waals surface area contributed by atoms with Crippen molar-refractivity contribution in [3.8, 4) is 34.7 Å². The number of oxazole rings is 1. The lowest BCUT2D eigenvalue weighted by Gasteiger charge is -2.11. The van der Waals surface area contributed by atoms with Gasteiger partial charge < -0.3 is 29.1 Å². The van der Waals surface area contributed by atoms with Crippen LogP contribution in [0.5, 0.6) is 17.2 Å². The molecule has 0 unspecified atom stereocenters. The smallest absolute Gasteiger partial charge is 0.375 e. The van der Waals surface area contributed by atoms with Crippen LogP contribution in [-0.4, -0.2) is 60.7 Å². The van der Waals surface area contributed by atoms with Crippen LogP contribution in [-0.2, 0) is 19.7 Å². The minimum absolute atomic E-state index is 0.0224. The van der Waals surface area contributed by atoms with Crippen molar-refractivity contribution in [2.24, 2.45) is 0 Å². The molecule has 6 aromatic rings. The average molecular weight is 666 g/mol. The molecule has 0 saturated carbocycles. The number of fused-ring (bicyclic) bond motifs is 1. The summed E-state index contributed by atoms with van der Waals surface area (Å²) in [6.07, 6.45) is 2.25. The van der Waals surface area contributed by atoms with E-state index in [2.05, 4.69) is 25.5 Å². The average Bonchev–Trinajstić information content (AvgIpc) is 3.79. The highest BCUT2D eigenvalue weighted by atomic mass is 16.5. The number of carboxylic acid groups (broad SMARTS) is 1.